The second-order valence-corrected chi connectivity index (χ2v) is 5.74. The largest absolute Gasteiger partial charge is 0.468 e. The molecule has 0 spiro atoms. The molecule has 2 rings (SSSR count). The average molecular weight is 327 g/mol. The number of likely N-dealkylation sites (N-methyl/N-ethyl adjacent to an activating group) is 1. The Morgan fingerprint density at radius 2 is 2.00 bits per heavy atom. The van der Waals surface area contributed by atoms with Crippen LogP contribution in [0.15, 0.2) is 28.7 Å². The number of piperazine rings is 1. The molecule has 1 fully saturated rings. The Balaban J connectivity index is 2.23. The smallest absolute Gasteiger partial charge is 0.327 e. The Morgan fingerprint density at radius 3 is 2.58 bits per heavy atom. The van der Waals surface area contributed by atoms with Crippen molar-refractivity contribution in [2.24, 2.45) is 0 Å². The molecular formula is C14H19BrN2O2. The van der Waals surface area contributed by atoms with Gasteiger partial charge in [0.25, 0.3) is 0 Å². The Morgan fingerprint density at radius 1 is 1.32 bits per heavy atom. The van der Waals surface area contributed by atoms with E-state index in [1.807, 2.05) is 24.3 Å². The van der Waals surface area contributed by atoms with Gasteiger partial charge in [0.05, 0.1) is 7.11 Å². The molecule has 4 nitrogen and oxygen atoms in total. The predicted octanol–water partition coefficient (Wildman–Crippen LogP) is 1.91. The summed E-state index contributed by atoms with van der Waals surface area (Å²) in [5, 5.41) is 0. The zero-order valence-electron chi connectivity index (χ0n) is 11.3. The van der Waals surface area contributed by atoms with Crippen LogP contribution < -0.4 is 0 Å². The molecule has 1 aromatic carbocycles. The summed E-state index contributed by atoms with van der Waals surface area (Å²) >= 11 is 3.46. The second kappa shape index (κ2) is 6.50. The topological polar surface area (TPSA) is 32.8 Å². The third-order valence-corrected chi connectivity index (χ3v) is 3.99. The molecule has 1 saturated heterocycles. The van der Waals surface area contributed by atoms with Crippen molar-refractivity contribution in [2.45, 2.75) is 6.04 Å². The van der Waals surface area contributed by atoms with E-state index in [9.17, 15) is 4.79 Å². The lowest BCUT2D eigenvalue weighted by atomic mass is 10.0. The minimum atomic E-state index is -0.309. The highest BCUT2D eigenvalue weighted by molar-refractivity contribution is 9.10. The van der Waals surface area contributed by atoms with E-state index < -0.39 is 0 Å². The fraction of sp³-hybridized carbons (Fsp3) is 0.500. The zero-order chi connectivity index (χ0) is 13.8. The van der Waals surface area contributed by atoms with E-state index in [2.05, 4.69) is 32.8 Å². The van der Waals surface area contributed by atoms with Crippen LogP contribution in [0.2, 0.25) is 0 Å². The average Bonchev–Trinajstić information content (AvgIpc) is 2.41. The third kappa shape index (κ3) is 3.55. The summed E-state index contributed by atoms with van der Waals surface area (Å²) in [7, 11) is 3.55. The van der Waals surface area contributed by atoms with Gasteiger partial charge in [-0.25, -0.2) is 4.79 Å². The zero-order valence-corrected chi connectivity index (χ0v) is 12.9. The van der Waals surface area contributed by atoms with Crippen LogP contribution in [0.25, 0.3) is 0 Å². The number of rotatable bonds is 3. The van der Waals surface area contributed by atoms with E-state index in [0.717, 1.165) is 36.2 Å². The fourth-order valence-corrected chi connectivity index (χ4v) is 2.78. The van der Waals surface area contributed by atoms with E-state index in [1.54, 1.807) is 0 Å². The van der Waals surface area contributed by atoms with Crippen LogP contribution in [-0.2, 0) is 9.53 Å². The van der Waals surface area contributed by atoms with Crippen molar-refractivity contribution < 1.29 is 9.53 Å². The minimum absolute atomic E-state index is 0.192. The standard InChI is InChI=1S/C14H19BrN2O2/c1-16-6-8-17(9-7-16)13(14(18)19-2)11-4-3-5-12(15)10-11/h3-5,10,13H,6-9H2,1-2H3. The first-order chi connectivity index (χ1) is 9.11. The summed E-state index contributed by atoms with van der Waals surface area (Å²) < 4.78 is 5.96. The highest BCUT2D eigenvalue weighted by Gasteiger charge is 2.30. The second-order valence-electron chi connectivity index (χ2n) is 4.82. The van der Waals surface area contributed by atoms with Gasteiger partial charge in [-0.15, -0.1) is 0 Å². The SMILES string of the molecule is COC(=O)C(c1cccc(Br)c1)N1CCN(C)CC1. The van der Waals surface area contributed by atoms with Gasteiger partial charge in [0.2, 0.25) is 0 Å². The van der Waals surface area contributed by atoms with Gasteiger partial charge in [-0.05, 0) is 24.7 Å². The molecule has 1 atom stereocenters. The molecule has 0 N–H and O–H groups in total. The number of carbonyl (C=O) groups excluding carboxylic acids is 1. The van der Waals surface area contributed by atoms with Gasteiger partial charge in [0, 0.05) is 30.7 Å². The molecule has 0 saturated carbocycles. The van der Waals surface area contributed by atoms with E-state index in [1.165, 1.54) is 7.11 Å². The predicted molar refractivity (Wildman–Crippen MR) is 78.0 cm³/mol. The first kappa shape index (κ1) is 14.5. The van der Waals surface area contributed by atoms with Gasteiger partial charge in [-0.2, -0.15) is 0 Å². The first-order valence-corrected chi connectivity index (χ1v) is 7.17. The molecule has 1 heterocycles. The normalized spacial score (nSPS) is 19.1. The van der Waals surface area contributed by atoms with Gasteiger partial charge in [0.15, 0.2) is 0 Å². The van der Waals surface area contributed by atoms with Crippen molar-refractivity contribution in [1.82, 2.24) is 9.80 Å². The lowest BCUT2D eigenvalue weighted by molar-refractivity contribution is -0.148. The highest BCUT2D eigenvalue weighted by atomic mass is 79.9. The summed E-state index contributed by atoms with van der Waals surface area (Å²) in [6.07, 6.45) is 0. The van der Waals surface area contributed by atoms with Crippen LogP contribution in [0.1, 0.15) is 11.6 Å². The van der Waals surface area contributed by atoms with Crippen LogP contribution in [0.3, 0.4) is 0 Å². The molecule has 19 heavy (non-hydrogen) atoms. The van der Waals surface area contributed by atoms with Crippen molar-refractivity contribution in [1.29, 1.82) is 0 Å². The van der Waals surface area contributed by atoms with Crippen molar-refractivity contribution in [3.8, 4) is 0 Å². The molecule has 0 aromatic heterocycles. The number of nitrogens with zero attached hydrogens (tertiary/aromatic N) is 2. The Hall–Kier alpha value is -0.910. The molecule has 1 aliphatic heterocycles. The quantitative estimate of drug-likeness (QED) is 0.794. The number of hydrogen-bond acceptors (Lipinski definition) is 4. The van der Waals surface area contributed by atoms with Crippen LogP contribution in [0.4, 0.5) is 0 Å². The molecule has 5 heteroatoms. The van der Waals surface area contributed by atoms with E-state index in [-0.39, 0.29) is 12.0 Å². The van der Waals surface area contributed by atoms with Crippen LogP contribution in [-0.4, -0.2) is 56.1 Å². The van der Waals surface area contributed by atoms with Crippen LogP contribution >= 0.6 is 15.9 Å². The summed E-state index contributed by atoms with van der Waals surface area (Å²) in [6.45, 7) is 3.70. The fourth-order valence-electron chi connectivity index (χ4n) is 2.36. The van der Waals surface area contributed by atoms with Crippen LogP contribution in [0, 0.1) is 0 Å². The lowest BCUT2D eigenvalue weighted by Crippen LogP contribution is -2.48. The molecule has 1 aliphatic rings. The van der Waals surface area contributed by atoms with Gasteiger partial charge in [0.1, 0.15) is 6.04 Å². The minimum Gasteiger partial charge on any atom is -0.468 e. The molecule has 0 bridgehead atoms. The monoisotopic (exact) mass is 326 g/mol. The van der Waals surface area contributed by atoms with E-state index >= 15 is 0 Å². The first-order valence-electron chi connectivity index (χ1n) is 6.37. The maximum absolute atomic E-state index is 12.1. The lowest BCUT2D eigenvalue weighted by Gasteiger charge is -2.36. The van der Waals surface area contributed by atoms with Gasteiger partial charge >= 0.3 is 5.97 Å². The van der Waals surface area contributed by atoms with E-state index in [0.29, 0.717) is 0 Å². The Kier molecular flexibility index (Phi) is 4.96. The number of benzene rings is 1. The van der Waals surface area contributed by atoms with Gasteiger partial charge in [-0.1, -0.05) is 28.1 Å². The molecule has 1 aromatic rings. The van der Waals surface area contributed by atoms with Crippen LogP contribution in [0.5, 0.6) is 0 Å². The number of carbonyl (C=O) groups is 1. The van der Waals surface area contributed by atoms with Crippen molar-refractivity contribution in [3.63, 3.8) is 0 Å². The maximum Gasteiger partial charge on any atom is 0.327 e. The molecule has 1 unspecified atom stereocenters. The van der Waals surface area contributed by atoms with Crippen molar-refractivity contribution in [3.05, 3.63) is 34.3 Å². The molecular weight excluding hydrogens is 308 g/mol. The number of hydrogen-bond donors (Lipinski definition) is 0. The summed E-state index contributed by atoms with van der Waals surface area (Å²) in [4.78, 5) is 16.6. The number of esters is 1. The third-order valence-electron chi connectivity index (χ3n) is 3.49. The summed E-state index contributed by atoms with van der Waals surface area (Å²) in [6, 6.07) is 7.56. The van der Waals surface area contributed by atoms with E-state index in [4.69, 9.17) is 4.74 Å². The molecule has 104 valence electrons. The Bertz CT molecular complexity index is 445. The molecule has 0 amide bonds. The maximum atomic E-state index is 12.1. The van der Waals surface area contributed by atoms with Gasteiger partial charge in [-0.3, -0.25) is 4.90 Å². The molecule has 0 aliphatic carbocycles. The van der Waals surface area contributed by atoms with Crippen molar-refractivity contribution in [2.75, 3.05) is 40.3 Å². The highest BCUT2D eigenvalue weighted by Crippen LogP contribution is 2.25. The molecule has 0 radical (unpaired) electrons. The Labute approximate surface area is 122 Å². The number of ether oxygens (including phenoxy) is 1. The van der Waals surface area contributed by atoms with Crippen molar-refractivity contribution >= 4 is 21.9 Å². The summed E-state index contributed by atoms with van der Waals surface area (Å²) in [5.74, 6) is -0.192. The summed E-state index contributed by atoms with van der Waals surface area (Å²) in [5.41, 5.74) is 0.978. The van der Waals surface area contributed by atoms with Gasteiger partial charge < -0.3 is 9.64 Å². The number of halogens is 1. The number of methoxy groups -OCH3 is 1.